The second-order valence-electron chi connectivity index (χ2n) is 4.30. The minimum Gasteiger partial charge on any atom is -0.370 e. The van der Waals surface area contributed by atoms with Gasteiger partial charge in [0, 0.05) is 30.2 Å². The van der Waals surface area contributed by atoms with E-state index in [1.54, 1.807) is 0 Å². The maximum absolute atomic E-state index is 5.74. The fraction of sp³-hybridized carbons (Fsp3) is 0.357. The minimum atomic E-state index is 0.539. The maximum Gasteiger partial charge on any atom is 0.188 e. The molecule has 0 saturated carbocycles. The van der Waals surface area contributed by atoms with Gasteiger partial charge in [0.25, 0.3) is 0 Å². The molecule has 0 atom stereocenters. The summed E-state index contributed by atoms with van der Waals surface area (Å²) < 4.78 is 0. The van der Waals surface area contributed by atoms with Crippen LogP contribution in [0.25, 0.3) is 10.9 Å². The number of aromatic nitrogens is 1. The van der Waals surface area contributed by atoms with Crippen molar-refractivity contribution in [3.63, 3.8) is 0 Å². The number of para-hydroxylation sites is 1. The number of benzene rings is 1. The SMILES string of the molecule is CCCN=C(N)NCCc1c[nH]c2ccccc12. The first-order valence-electron chi connectivity index (χ1n) is 6.40. The lowest BCUT2D eigenvalue weighted by atomic mass is 10.1. The number of fused-ring (bicyclic) bond motifs is 1. The van der Waals surface area contributed by atoms with Crippen molar-refractivity contribution < 1.29 is 0 Å². The second kappa shape index (κ2) is 6.10. The number of rotatable bonds is 5. The summed E-state index contributed by atoms with van der Waals surface area (Å²) >= 11 is 0. The molecule has 0 fully saturated rings. The van der Waals surface area contributed by atoms with Gasteiger partial charge in [0.05, 0.1) is 0 Å². The Bertz CT molecular complexity index is 527. The van der Waals surface area contributed by atoms with Gasteiger partial charge in [-0.2, -0.15) is 0 Å². The third-order valence-corrected chi connectivity index (χ3v) is 2.88. The molecule has 96 valence electrons. The van der Waals surface area contributed by atoms with Crippen molar-refractivity contribution >= 4 is 16.9 Å². The molecule has 0 aliphatic carbocycles. The van der Waals surface area contributed by atoms with E-state index < -0.39 is 0 Å². The Morgan fingerprint density at radius 3 is 3.06 bits per heavy atom. The van der Waals surface area contributed by atoms with E-state index in [1.807, 2.05) is 6.07 Å². The van der Waals surface area contributed by atoms with E-state index in [1.165, 1.54) is 16.5 Å². The third kappa shape index (κ3) is 3.03. The molecule has 4 nitrogen and oxygen atoms in total. The summed E-state index contributed by atoms with van der Waals surface area (Å²) in [6, 6.07) is 8.32. The van der Waals surface area contributed by atoms with Crippen molar-refractivity contribution in [2.75, 3.05) is 13.1 Å². The molecular weight excluding hydrogens is 224 g/mol. The van der Waals surface area contributed by atoms with Gasteiger partial charge in [-0.05, 0) is 24.5 Å². The molecule has 0 aliphatic heterocycles. The Kier molecular flexibility index (Phi) is 4.23. The normalized spacial score (nSPS) is 11.9. The van der Waals surface area contributed by atoms with E-state index in [-0.39, 0.29) is 0 Å². The van der Waals surface area contributed by atoms with Crippen molar-refractivity contribution in [1.29, 1.82) is 0 Å². The topological polar surface area (TPSA) is 66.2 Å². The summed E-state index contributed by atoms with van der Waals surface area (Å²) in [6.07, 6.45) is 4.02. The van der Waals surface area contributed by atoms with Gasteiger partial charge in [-0.15, -0.1) is 0 Å². The Morgan fingerprint density at radius 2 is 2.22 bits per heavy atom. The van der Waals surface area contributed by atoms with Crippen molar-refractivity contribution in [3.8, 4) is 0 Å². The summed E-state index contributed by atoms with van der Waals surface area (Å²) in [4.78, 5) is 7.47. The molecule has 4 heteroatoms. The zero-order valence-corrected chi connectivity index (χ0v) is 10.7. The van der Waals surface area contributed by atoms with Crippen LogP contribution in [0, 0.1) is 0 Å². The number of nitrogens with two attached hydrogens (primary N) is 1. The lowest BCUT2D eigenvalue weighted by Gasteiger charge is -2.04. The molecule has 1 aromatic carbocycles. The molecule has 0 radical (unpaired) electrons. The lowest BCUT2D eigenvalue weighted by Crippen LogP contribution is -2.33. The monoisotopic (exact) mass is 244 g/mol. The summed E-state index contributed by atoms with van der Waals surface area (Å²) in [5, 5.41) is 4.42. The fourth-order valence-electron chi connectivity index (χ4n) is 1.95. The number of guanidine groups is 1. The molecule has 0 bridgehead atoms. The average molecular weight is 244 g/mol. The standard InChI is InChI=1S/C14H20N4/c1-2-8-16-14(15)17-9-7-11-10-18-13-6-4-3-5-12(11)13/h3-6,10,18H,2,7-9H2,1H3,(H3,15,16,17). The molecule has 4 N–H and O–H groups in total. The number of nitrogens with zero attached hydrogens (tertiary/aromatic N) is 1. The maximum atomic E-state index is 5.74. The van der Waals surface area contributed by atoms with Crippen LogP contribution in [0.4, 0.5) is 0 Å². The van der Waals surface area contributed by atoms with E-state index in [0.717, 1.165) is 25.9 Å². The number of H-pyrrole nitrogens is 1. The highest BCUT2D eigenvalue weighted by molar-refractivity contribution is 5.83. The van der Waals surface area contributed by atoms with Gasteiger partial charge in [0.15, 0.2) is 5.96 Å². The molecule has 0 spiro atoms. The predicted octanol–water partition coefficient (Wildman–Crippen LogP) is 2.02. The van der Waals surface area contributed by atoms with Crippen LogP contribution >= 0.6 is 0 Å². The fourth-order valence-corrected chi connectivity index (χ4v) is 1.95. The summed E-state index contributed by atoms with van der Waals surface area (Å²) in [5.41, 5.74) is 8.23. The smallest absolute Gasteiger partial charge is 0.188 e. The summed E-state index contributed by atoms with van der Waals surface area (Å²) in [7, 11) is 0. The second-order valence-corrected chi connectivity index (χ2v) is 4.30. The van der Waals surface area contributed by atoms with Crippen LogP contribution < -0.4 is 11.1 Å². The molecule has 2 aromatic rings. The molecule has 1 aromatic heterocycles. The zero-order chi connectivity index (χ0) is 12.8. The van der Waals surface area contributed by atoms with Gasteiger partial charge < -0.3 is 16.0 Å². The van der Waals surface area contributed by atoms with E-state index in [4.69, 9.17) is 5.73 Å². The highest BCUT2D eigenvalue weighted by Crippen LogP contribution is 2.17. The van der Waals surface area contributed by atoms with Crippen LogP contribution in [0.3, 0.4) is 0 Å². The quantitative estimate of drug-likeness (QED) is 0.556. The van der Waals surface area contributed by atoms with Crippen molar-refractivity contribution in [2.45, 2.75) is 19.8 Å². The van der Waals surface area contributed by atoms with Crippen LogP contribution in [0.5, 0.6) is 0 Å². The van der Waals surface area contributed by atoms with Crippen LogP contribution in [0.15, 0.2) is 35.5 Å². The van der Waals surface area contributed by atoms with Crippen molar-refractivity contribution in [2.24, 2.45) is 10.7 Å². The largest absolute Gasteiger partial charge is 0.370 e. The number of aliphatic imine (C=N–C) groups is 1. The molecule has 2 rings (SSSR count). The molecule has 1 heterocycles. The molecule has 0 unspecified atom stereocenters. The molecule has 18 heavy (non-hydrogen) atoms. The molecule has 0 saturated heterocycles. The molecule has 0 amide bonds. The average Bonchev–Trinajstić information content (AvgIpc) is 2.80. The van der Waals surface area contributed by atoms with Crippen molar-refractivity contribution in [1.82, 2.24) is 10.3 Å². The highest BCUT2D eigenvalue weighted by atomic mass is 15.1. The van der Waals surface area contributed by atoms with E-state index in [2.05, 4.69) is 46.6 Å². The summed E-state index contributed by atoms with van der Waals surface area (Å²) in [5.74, 6) is 0.539. The van der Waals surface area contributed by atoms with Gasteiger partial charge in [0.1, 0.15) is 0 Å². The minimum absolute atomic E-state index is 0.539. The van der Waals surface area contributed by atoms with Crippen LogP contribution in [-0.2, 0) is 6.42 Å². The Labute approximate surface area is 107 Å². The number of aromatic amines is 1. The Morgan fingerprint density at radius 1 is 1.39 bits per heavy atom. The Hall–Kier alpha value is -1.97. The highest BCUT2D eigenvalue weighted by Gasteiger charge is 2.02. The third-order valence-electron chi connectivity index (χ3n) is 2.88. The van der Waals surface area contributed by atoms with E-state index in [9.17, 15) is 0 Å². The van der Waals surface area contributed by atoms with E-state index >= 15 is 0 Å². The van der Waals surface area contributed by atoms with E-state index in [0.29, 0.717) is 5.96 Å². The molecule has 0 aliphatic rings. The van der Waals surface area contributed by atoms with Crippen LogP contribution in [0.1, 0.15) is 18.9 Å². The van der Waals surface area contributed by atoms with Crippen molar-refractivity contribution in [3.05, 3.63) is 36.0 Å². The lowest BCUT2D eigenvalue weighted by molar-refractivity contribution is 0.842. The summed E-state index contributed by atoms with van der Waals surface area (Å²) in [6.45, 7) is 3.68. The number of nitrogens with one attached hydrogen (secondary N) is 2. The number of hydrogen-bond donors (Lipinski definition) is 3. The Balaban J connectivity index is 1.91. The first kappa shape index (κ1) is 12.5. The van der Waals surface area contributed by atoms with Gasteiger partial charge >= 0.3 is 0 Å². The van der Waals surface area contributed by atoms with Gasteiger partial charge in [-0.1, -0.05) is 25.1 Å². The number of hydrogen-bond acceptors (Lipinski definition) is 1. The van der Waals surface area contributed by atoms with Gasteiger partial charge in [0.2, 0.25) is 0 Å². The zero-order valence-electron chi connectivity index (χ0n) is 10.7. The predicted molar refractivity (Wildman–Crippen MR) is 76.8 cm³/mol. The molecular formula is C14H20N4. The van der Waals surface area contributed by atoms with Gasteiger partial charge in [-0.3, -0.25) is 4.99 Å². The van der Waals surface area contributed by atoms with Crippen LogP contribution in [-0.4, -0.2) is 24.0 Å². The van der Waals surface area contributed by atoms with Gasteiger partial charge in [-0.25, -0.2) is 0 Å². The van der Waals surface area contributed by atoms with Crippen LogP contribution in [0.2, 0.25) is 0 Å². The first-order chi connectivity index (χ1) is 8.81. The first-order valence-corrected chi connectivity index (χ1v) is 6.40.